The maximum absolute atomic E-state index is 11.9. The van der Waals surface area contributed by atoms with Gasteiger partial charge in [0, 0.05) is 31.4 Å². The van der Waals surface area contributed by atoms with Crippen molar-refractivity contribution in [2.24, 2.45) is 10.9 Å². The van der Waals surface area contributed by atoms with E-state index in [-0.39, 0.29) is 10.5 Å². The second-order valence-electron chi connectivity index (χ2n) is 6.28. The molecule has 0 atom stereocenters. The van der Waals surface area contributed by atoms with Crippen LogP contribution in [0, 0.1) is 5.92 Å². The molecule has 0 amide bonds. The monoisotopic (exact) mass is 350 g/mol. The third-order valence-electron chi connectivity index (χ3n) is 3.94. The van der Waals surface area contributed by atoms with Crippen LogP contribution in [0.2, 0.25) is 0 Å². The van der Waals surface area contributed by atoms with Crippen molar-refractivity contribution in [3.63, 3.8) is 0 Å². The normalized spacial score (nSPS) is 17.2. The lowest BCUT2D eigenvalue weighted by atomic mass is 9.86. The molecule has 22 heavy (non-hydrogen) atoms. The van der Waals surface area contributed by atoms with Crippen molar-refractivity contribution in [3.05, 3.63) is 0 Å². The van der Waals surface area contributed by atoms with Crippen molar-refractivity contribution >= 4 is 27.7 Å². The fraction of sp³-hybridized carbons (Fsp3) is 0.929. The molecular formula is C14H30N4O2S2. The van der Waals surface area contributed by atoms with E-state index in [0.717, 1.165) is 19.4 Å². The maximum Gasteiger partial charge on any atom is 0.213 e. The van der Waals surface area contributed by atoms with E-state index in [0.29, 0.717) is 25.0 Å². The first-order valence-electron chi connectivity index (χ1n) is 7.75. The number of guanidine groups is 1. The zero-order chi connectivity index (χ0) is 16.6. The summed E-state index contributed by atoms with van der Waals surface area (Å²) in [4.78, 5) is 4.11. The van der Waals surface area contributed by atoms with Gasteiger partial charge in [-0.05, 0) is 38.9 Å². The molecule has 130 valence electrons. The molecule has 1 saturated carbocycles. The molecule has 0 radical (unpaired) electrons. The second-order valence-corrected chi connectivity index (χ2v) is 9.72. The van der Waals surface area contributed by atoms with Crippen LogP contribution < -0.4 is 15.4 Å². The topological polar surface area (TPSA) is 82.6 Å². The Morgan fingerprint density at radius 3 is 2.50 bits per heavy atom. The second kappa shape index (κ2) is 8.98. The zero-order valence-corrected chi connectivity index (χ0v) is 15.7. The number of nitrogens with zero attached hydrogens (tertiary/aromatic N) is 1. The van der Waals surface area contributed by atoms with Crippen molar-refractivity contribution in [1.29, 1.82) is 0 Å². The average Bonchev–Trinajstić information content (AvgIpc) is 2.40. The van der Waals surface area contributed by atoms with Gasteiger partial charge in [-0.1, -0.05) is 6.42 Å². The van der Waals surface area contributed by atoms with Crippen molar-refractivity contribution in [3.8, 4) is 0 Å². The Bertz CT molecular complexity index is 459. The van der Waals surface area contributed by atoms with Gasteiger partial charge in [0.15, 0.2) is 5.96 Å². The number of sulfonamides is 1. The molecule has 1 aliphatic carbocycles. The smallest absolute Gasteiger partial charge is 0.213 e. The zero-order valence-electron chi connectivity index (χ0n) is 14.1. The highest BCUT2D eigenvalue weighted by molar-refractivity contribution is 7.99. The van der Waals surface area contributed by atoms with Crippen LogP contribution in [0.4, 0.5) is 0 Å². The molecule has 0 aromatic rings. The SMILES string of the molecule is CN=C(NCCS(=O)(=O)NCC1CCC1)NCC(C)(C)SC. The summed E-state index contributed by atoms with van der Waals surface area (Å²) in [6, 6.07) is 0. The summed E-state index contributed by atoms with van der Waals surface area (Å²) < 4.78 is 26.6. The van der Waals surface area contributed by atoms with Crippen molar-refractivity contribution in [2.45, 2.75) is 37.9 Å². The highest BCUT2D eigenvalue weighted by Crippen LogP contribution is 2.25. The number of hydrogen-bond acceptors (Lipinski definition) is 4. The molecule has 0 bridgehead atoms. The predicted molar refractivity (Wildman–Crippen MR) is 96.1 cm³/mol. The molecule has 3 N–H and O–H groups in total. The van der Waals surface area contributed by atoms with Crippen LogP contribution in [0.1, 0.15) is 33.1 Å². The van der Waals surface area contributed by atoms with Gasteiger partial charge in [0.2, 0.25) is 10.0 Å². The van der Waals surface area contributed by atoms with Crippen LogP contribution >= 0.6 is 11.8 Å². The Morgan fingerprint density at radius 1 is 1.32 bits per heavy atom. The Labute approximate surface area is 139 Å². The van der Waals surface area contributed by atoms with Gasteiger partial charge in [-0.3, -0.25) is 4.99 Å². The lowest BCUT2D eigenvalue weighted by Gasteiger charge is -2.25. The van der Waals surface area contributed by atoms with Gasteiger partial charge in [-0.25, -0.2) is 13.1 Å². The van der Waals surface area contributed by atoms with E-state index in [1.165, 1.54) is 6.42 Å². The van der Waals surface area contributed by atoms with E-state index in [9.17, 15) is 8.42 Å². The van der Waals surface area contributed by atoms with Gasteiger partial charge in [-0.2, -0.15) is 11.8 Å². The summed E-state index contributed by atoms with van der Waals surface area (Å²) in [6.45, 7) is 5.98. The minimum Gasteiger partial charge on any atom is -0.355 e. The van der Waals surface area contributed by atoms with Gasteiger partial charge in [0.05, 0.1) is 5.75 Å². The Balaban J connectivity index is 2.25. The molecule has 0 heterocycles. The highest BCUT2D eigenvalue weighted by atomic mass is 32.2. The van der Waals surface area contributed by atoms with Crippen LogP contribution in [0.5, 0.6) is 0 Å². The van der Waals surface area contributed by atoms with E-state index in [1.807, 2.05) is 0 Å². The first kappa shape index (κ1) is 19.6. The van der Waals surface area contributed by atoms with Gasteiger partial charge >= 0.3 is 0 Å². The van der Waals surface area contributed by atoms with E-state index in [4.69, 9.17) is 0 Å². The van der Waals surface area contributed by atoms with Crippen molar-refractivity contribution < 1.29 is 8.42 Å². The number of thioether (sulfide) groups is 1. The largest absolute Gasteiger partial charge is 0.355 e. The van der Waals surface area contributed by atoms with E-state index in [2.05, 4.69) is 40.5 Å². The first-order chi connectivity index (χ1) is 10.3. The lowest BCUT2D eigenvalue weighted by molar-refractivity contribution is 0.316. The molecule has 0 spiro atoms. The van der Waals surface area contributed by atoms with Crippen LogP contribution in [-0.2, 0) is 10.0 Å². The van der Waals surface area contributed by atoms with Gasteiger partial charge in [0.25, 0.3) is 0 Å². The molecule has 1 aliphatic rings. The molecule has 0 unspecified atom stereocenters. The predicted octanol–water partition coefficient (Wildman–Crippen LogP) is 1.01. The first-order valence-corrected chi connectivity index (χ1v) is 10.6. The van der Waals surface area contributed by atoms with E-state index >= 15 is 0 Å². The number of rotatable bonds is 9. The molecule has 0 aliphatic heterocycles. The molecule has 1 rings (SSSR count). The Morgan fingerprint density at radius 2 is 2.00 bits per heavy atom. The minimum absolute atomic E-state index is 0.0618. The summed E-state index contributed by atoms with van der Waals surface area (Å²) in [5.41, 5.74) is 0. The van der Waals surface area contributed by atoms with E-state index < -0.39 is 10.0 Å². The summed E-state index contributed by atoms with van der Waals surface area (Å²) in [7, 11) is -1.52. The van der Waals surface area contributed by atoms with Crippen molar-refractivity contribution in [1.82, 2.24) is 15.4 Å². The summed E-state index contributed by atoms with van der Waals surface area (Å²) in [5.74, 6) is 1.23. The standard InChI is InChI=1S/C14H30N4O2S2/c1-14(2,21-4)11-17-13(15-3)16-8-9-22(19,20)18-10-12-6-5-7-12/h12,18H,5-11H2,1-4H3,(H2,15,16,17). The van der Waals surface area contributed by atoms with Crippen molar-refractivity contribution in [2.75, 3.05) is 38.7 Å². The fourth-order valence-electron chi connectivity index (χ4n) is 1.91. The van der Waals surface area contributed by atoms with Crippen LogP contribution in [0.15, 0.2) is 4.99 Å². The molecule has 0 aromatic heterocycles. The van der Waals surface area contributed by atoms with E-state index in [1.54, 1.807) is 18.8 Å². The maximum atomic E-state index is 11.9. The molecule has 0 aromatic carbocycles. The van der Waals surface area contributed by atoms with Crippen LogP contribution in [-0.4, -0.2) is 57.8 Å². The van der Waals surface area contributed by atoms with Gasteiger partial charge in [-0.15, -0.1) is 0 Å². The fourth-order valence-corrected chi connectivity index (χ4v) is 3.13. The molecule has 6 nitrogen and oxygen atoms in total. The summed E-state index contributed by atoms with van der Waals surface area (Å²) >= 11 is 1.77. The molecule has 0 saturated heterocycles. The summed E-state index contributed by atoms with van der Waals surface area (Å²) in [6.07, 6.45) is 5.58. The van der Waals surface area contributed by atoms with Crippen LogP contribution in [0.25, 0.3) is 0 Å². The summed E-state index contributed by atoms with van der Waals surface area (Å²) in [5, 5.41) is 6.27. The van der Waals surface area contributed by atoms with Gasteiger partial charge in [0.1, 0.15) is 0 Å². The van der Waals surface area contributed by atoms with Crippen LogP contribution in [0.3, 0.4) is 0 Å². The number of nitrogens with one attached hydrogen (secondary N) is 3. The Hall–Kier alpha value is -0.470. The quantitative estimate of drug-likeness (QED) is 0.427. The van der Waals surface area contributed by atoms with Gasteiger partial charge < -0.3 is 10.6 Å². The molecule has 8 heteroatoms. The third-order valence-corrected chi connectivity index (χ3v) is 6.54. The molecule has 1 fully saturated rings. The minimum atomic E-state index is -3.20. The lowest BCUT2D eigenvalue weighted by Crippen LogP contribution is -2.45. The third kappa shape index (κ3) is 7.69. The number of hydrogen-bond donors (Lipinski definition) is 3. The Kier molecular flexibility index (Phi) is 7.99. The molecular weight excluding hydrogens is 320 g/mol. The highest BCUT2D eigenvalue weighted by Gasteiger charge is 2.20. The number of aliphatic imine (C=N–C) groups is 1. The average molecular weight is 351 g/mol.